The molecule has 0 aliphatic carbocycles. The summed E-state index contributed by atoms with van der Waals surface area (Å²) in [5.74, 6) is 0.929. The summed E-state index contributed by atoms with van der Waals surface area (Å²) in [6.07, 6.45) is 9.44. The molecule has 4 aromatic heterocycles. The van der Waals surface area contributed by atoms with Crippen molar-refractivity contribution in [3.05, 3.63) is 77.9 Å². The molecule has 4 heterocycles. The van der Waals surface area contributed by atoms with Gasteiger partial charge in [-0.3, -0.25) is 9.97 Å². The van der Waals surface area contributed by atoms with Crippen molar-refractivity contribution >= 4 is 49.9 Å². The molecule has 0 N–H and O–H groups in total. The Bertz CT molecular complexity index is 1860. The molecule has 0 radical (unpaired) electrons. The molecule has 0 bridgehead atoms. The van der Waals surface area contributed by atoms with Gasteiger partial charge >= 0.3 is 0 Å². The minimum atomic E-state index is 0.154. The Balaban J connectivity index is 0.00000113. The number of hydrogen-bond acceptors (Lipinski definition) is 4. The zero-order chi connectivity index (χ0) is 29.8. The molecule has 0 saturated heterocycles. The van der Waals surface area contributed by atoms with Gasteiger partial charge in [0.2, 0.25) is 0 Å². The molecule has 42 heavy (non-hydrogen) atoms. The number of aryl methyl sites for hydroxylation is 5. The van der Waals surface area contributed by atoms with E-state index in [1.54, 1.807) is 0 Å². The number of unbranched alkanes of at least 4 members (excludes halogenated alkanes) is 3. The number of aldehydes is 1. The van der Waals surface area contributed by atoms with Crippen LogP contribution in [-0.4, -0.2) is 31.5 Å². The lowest BCUT2D eigenvalue weighted by Gasteiger charge is -2.12. The van der Waals surface area contributed by atoms with E-state index in [4.69, 9.17) is 9.53 Å². The van der Waals surface area contributed by atoms with Crippen molar-refractivity contribution in [1.82, 2.24) is 19.1 Å². The summed E-state index contributed by atoms with van der Waals surface area (Å²) >= 11 is 0. The summed E-state index contributed by atoms with van der Waals surface area (Å²) in [6, 6.07) is 17.6. The standard InChI is InChI=1S/C34H38N4O.C2H4O/c1-22(2)39-26-11-13-28-30-15-17-36-25(5)34(30)38(32(28)21-26)19-9-7-6-8-18-37-31-20-23(3)10-12-27(31)29-14-16-35-24(4)33(29)37;1-2-3/h10-17,20-22H,6-9,18-19H2,1-5H3;2H,1H3. The van der Waals surface area contributed by atoms with Crippen LogP contribution >= 0.6 is 0 Å². The van der Waals surface area contributed by atoms with Crippen LogP contribution in [0.25, 0.3) is 43.6 Å². The summed E-state index contributed by atoms with van der Waals surface area (Å²) in [5, 5.41) is 5.20. The summed E-state index contributed by atoms with van der Waals surface area (Å²) in [6.45, 7) is 14.0. The van der Waals surface area contributed by atoms with Crippen LogP contribution in [0.1, 0.15) is 63.4 Å². The average Bonchev–Trinajstić information content (AvgIpc) is 3.44. The van der Waals surface area contributed by atoms with Crippen molar-refractivity contribution < 1.29 is 9.53 Å². The van der Waals surface area contributed by atoms with Gasteiger partial charge in [0.05, 0.1) is 34.0 Å². The molecule has 0 aliphatic rings. The highest BCUT2D eigenvalue weighted by Crippen LogP contribution is 2.34. The van der Waals surface area contributed by atoms with Crippen LogP contribution in [0.15, 0.2) is 60.9 Å². The molecule has 0 aliphatic heterocycles. The zero-order valence-electron chi connectivity index (χ0n) is 25.8. The third-order valence-corrected chi connectivity index (χ3v) is 7.92. The smallest absolute Gasteiger partial charge is 0.121 e. The van der Waals surface area contributed by atoms with Gasteiger partial charge in [0.15, 0.2) is 0 Å². The summed E-state index contributed by atoms with van der Waals surface area (Å²) in [7, 11) is 0. The highest BCUT2D eigenvalue weighted by Gasteiger charge is 2.15. The first-order chi connectivity index (χ1) is 20.3. The number of rotatable bonds is 9. The first-order valence-electron chi connectivity index (χ1n) is 15.1. The fourth-order valence-corrected chi connectivity index (χ4v) is 6.23. The van der Waals surface area contributed by atoms with Gasteiger partial charge in [-0.25, -0.2) is 0 Å². The normalized spacial score (nSPS) is 11.5. The Hall–Kier alpha value is -4.19. The minimum absolute atomic E-state index is 0.154. The van der Waals surface area contributed by atoms with E-state index in [0.717, 1.165) is 49.4 Å². The summed E-state index contributed by atoms with van der Waals surface area (Å²) < 4.78 is 11.0. The number of hydrogen-bond donors (Lipinski definition) is 0. The van der Waals surface area contributed by atoms with Gasteiger partial charge in [-0.15, -0.1) is 0 Å². The largest absolute Gasteiger partial charge is 0.491 e. The molecular weight excluding hydrogens is 520 g/mol. The predicted octanol–water partition coefficient (Wildman–Crippen LogP) is 8.87. The molecule has 6 aromatic rings. The maximum Gasteiger partial charge on any atom is 0.121 e. The fourth-order valence-electron chi connectivity index (χ4n) is 6.23. The molecule has 0 saturated carbocycles. The van der Waals surface area contributed by atoms with Gasteiger partial charge in [-0.1, -0.05) is 25.0 Å². The van der Waals surface area contributed by atoms with Gasteiger partial charge in [0.25, 0.3) is 0 Å². The van der Waals surface area contributed by atoms with E-state index in [9.17, 15) is 0 Å². The lowest BCUT2D eigenvalue weighted by atomic mass is 10.1. The number of ether oxygens (including phenoxy) is 1. The molecule has 6 heteroatoms. The van der Waals surface area contributed by atoms with E-state index in [1.165, 1.54) is 68.9 Å². The lowest BCUT2D eigenvalue weighted by Crippen LogP contribution is -2.05. The number of benzene rings is 2. The van der Waals surface area contributed by atoms with Crippen molar-refractivity contribution in [1.29, 1.82) is 0 Å². The van der Waals surface area contributed by atoms with E-state index >= 15 is 0 Å². The SMILES string of the molecule is CC=O.Cc1ccc2c3ccnc(C)c3n(CCCCCCn3c4cc(OC(C)C)ccc4c4ccnc(C)c43)c2c1. The van der Waals surface area contributed by atoms with Crippen molar-refractivity contribution in [3.8, 4) is 5.75 Å². The second-order valence-corrected chi connectivity index (χ2v) is 11.4. The average molecular weight is 563 g/mol. The van der Waals surface area contributed by atoms with Crippen molar-refractivity contribution in [2.75, 3.05) is 0 Å². The Morgan fingerprint density at radius 3 is 1.74 bits per heavy atom. The number of pyridine rings is 2. The number of aromatic nitrogens is 4. The molecule has 0 fully saturated rings. The summed E-state index contributed by atoms with van der Waals surface area (Å²) in [5.41, 5.74) is 8.59. The molecule has 218 valence electrons. The number of carbonyl (C=O) groups excluding carboxylic acids is 1. The van der Waals surface area contributed by atoms with Crippen molar-refractivity contribution in [2.45, 2.75) is 86.4 Å². The molecule has 0 atom stereocenters. The second-order valence-electron chi connectivity index (χ2n) is 11.4. The van der Waals surface area contributed by atoms with Gasteiger partial charge in [0.1, 0.15) is 12.0 Å². The van der Waals surface area contributed by atoms with Crippen LogP contribution in [0.4, 0.5) is 0 Å². The van der Waals surface area contributed by atoms with Crippen molar-refractivity contribution in [3.63, 3.8) is 0 Å². The van der Waals surface area contributed by atoms with E-state index in [-0.39, 0.29) is 6.10 Å². The molecule has 0 unspecified atom stereocenters. The van der Waals surface area contributed by atoms with E-state index in [1.807, 2.05) is 12.4 Å². The van der Waals surface area contributed by atoms with E-state index < -0.39 is 0 Å². The fraction of sp³-hybridized carbons (Fsp3) is 0.361. The number of carbonyl (C=O) groups is 1. The second kappa shape index (κ2) is 12.8. The first kappa shape index (κ1) is 29.3. The molecular formula is C36H42N4O2. The van der Waals surface area contributed by atoms with Crippen LogP contribution in [0, 0.1) is 20.8 Å². The van der Waals surface area contributed by atoms with Gasteiger partial charge in [-0.2, -0.15) is 0 Å². The van der Waals surface area contributed by atoms with Crippen LogP contribution in [0.2, 0.25) is 0 Å². The third kappa shape index (κ3) is 5.76. The van der Waals surface area contributed by atoms with Gasteiger partial charge < -0.3 is 18.7 Å². The molecule has 6 rings (SSSR count). The number of nitrogens with zero attached hydrogens (tertiary/aromatic N) is 4. The van der Waals surface area contributed by atoms with Crippen LogP contribution in [0.5, 0.6) is 5.75 Å². The Labute approximate surface area is 248 Å². The topological polar surface area (TPSA) is 61.9 Å². The Kier molecular flexibility index (Phi) is 8.91. The minimum Gasteiger partial charge on any atom is -0.491 e. The summed E-state index contributed by atoms with van der Waals surface area (Å²) in [4.78, 5) is 18.0. The molecule has 0 amide bonds. The quantitative estimate of drug-likeness (QED) is 0.130. The highest BCUT2D eigenvalue weighted by atomic mass is 16.5. The molecule has 2 aromatic carbocycles. The van der Waals surface area contributed by atoms with E-state index in [0.29, 0.717) is 0 Å². The predicted molar refractivity (Wildman–Crippen MR) is 175 cm³/mol. The van der Waals surface area contributed by atoms with Crippen molar-refractivity contribution in [2.24, 2.45) is 0 Å². The van der Waals surface area contributed by atoms with E-state index in [2.05, 4.69) is 102 Å². The maximum atomic E-state index is 8.81. The Morgan fingerprint density at radius 1 is 0.714 bits per heavy atom. The van der Waals surface area contributed by atoms with Crippen LogP contribution < -0.4 is 4.74 Å². The Morgan fingerprint density at radius 2 is 1.21 bits per heavy atom. The highest BCUT2D eigenvalue weighted by molar-refractivity contribution is 6.09. The first-order valence-corrected chi connectivity index (χ1v) is 15.1. The molecule has 0 spiro atoms. The van der Waals surface area contributed by atoms with Gasteiger partial charge in [0, 0.05) is 58.6 Å². The lowest BCUT2D eigenvalue weighted by molar-refractivity contribution is -0.106. The zero-order valence-corrected chi connectivity index (χ0v) is 25.8. The van der Waals surface area contributed by atoms with Gasteiger partial charge in [-0.05, 0) is 90.3 Å². The molecule has 6 nitrogen and oxygen atoms in total. The van der Waals surface area contributed by atoms with Crippen LogP contribution in [-0.2, 0) is 17.9 Å². The number of fused-ring (bicyclic) bond motifs is 6. The monoisotopic (exact) mass is 562 g/mol. The maximum absolute atomic E-state index is 8.81. The van der Waals surface area contributed by atoms with Crippen LogP contribution in [0.3, 0.4) is 0 Å². The third-order valence-electron chi connectivity index (χ3n) is 7.92.